The van der Waals surface area contributed by atoms with Crippen molar-refractivity contribution in [1.29, 1.82) is 0 Å². The first kappa shape index (κ1) is 16.5. The van der Waals surface area contributed by atoms with Crippen LogP contribution in [-0.4, -0.2) is 26.5 Å². The van der Waals surface area contributed by atoms with Gasteiger partial charge in [-0.3, -0.25) is 0 Å². The summed E-state index contributed by atoms with van der Waals surface area (Å²) in [5.41, 5.74) is 0.526. The monoisotopic (exact) mass is 338 g/mol. The van der Waals surface area contributed by atoms with Crippen LogP contribution in [-0.2, 0) is 15.3 Å². The maximum atomic E-state index is 13.9. The summed E-state index contributed by atoms with van der Waals surface area (Å²) in [5.74, 6) is 0.683. The lowest BCUT2D eigenvalue weighted by Gasteiger charge is -2.17. The third-order valence-electron chi connectivity index (χ3n) is 4.70. The average Bonchev–Trinajstić information content (AvgIpc) is 3.40. The van der Waals surface area contributed by atoms with Gasteiger partial charge in [0.25, 0.3) is 0 Å². The van der Waals surface area contributed by atoms with Gasteiger partial charge in [-0.25, -0.2) is 12.8 Å². The highest BCUT2D eigenvalue weighted by Gasteiger charge is 2.47. The zero-order valence-electron chi connectivity index (χ0n) is 13.3. The largest absolute Gasteiger partial charge is 0.490 e. The summed E-state index contributed by atoms with van der Waals surface area (Å²) in [6.45, 7) is 4.12. The quantitative estimate of drug-likeness (QED) is 0.646. The number of hydrogen-bond donors (Lipinski definition) is 0. The van der Waals surface area contributed by atoms with Gasteiger partial charge in [-0.1, -0.05) is 12.1 Å². The Balaban J connectivity index is 1.74. The number of hydrogen-bond acceptors (Lipinski definition) is 3. The molecule has 2 saturated carbocycles. The van der Waals surface area contributed by atoms with Crippen LogP contribution in [0.5, 0.6) is 5.75 Å². The molecule has 3 nitrogen and oxygen atoms in total. The van der Waals surface area contributed by atoms with Crippen LogP contribution in [0.1, 0.15) is 37.7 Å². The van der Waals surface area contributed by atoms with E-state index in [1.807, 2.05) is 0 Å². The second-order valence-corrected chi connectivity index (χ2v) is 9.03. The highest BCUT2D eigenvalue weighted by atomic mass is 32.2. The van der Waals surface area contributed by atoms with Gasteiger partial charge in [0, 0.05) is 5.41 Å². The van der Waals surface area contributed by atoms with Gasteiger partial charge in [0.2, 0.25) is 0 Å². The summed E-state index contributed by atoms with van der Waals surface area (Å²) in [4.78, 5) is 0. The molecule has 0 radical (unpaired) electrons. The zero-order chi connectivity index (χ0) is 16.5. The Kier molecular flexibility index (Phi) is 4.50. The molecule has 2 aliphatic carbocycles. The van der Waals surface area contributed by atoms with Gasteiger partial charge in [-0.15, -0.1) is 6.58 Å². The van der Waals surface area contributed by atoms with Gasteiger partial charge in [0.1, 0.15) is 0 Å². The van der Waals surface area contributed by atoms with Crippen molar-refractivity contribution in [3.05, 3.63) is 42.2 Å². The van der Waals surface area contributed by atoms with Crippen molar-refractivity contribution < 1.29 is 17.5 Å². The van der Waals surface area contributed by atoms with E-state index in [0.717, 1.165) is 31.2 Å². The van der Waals surface area contributed by atoms with E-state index < -0.39 is 9.84 Å². The Bertz CT molecular complexity index is 688. The molecule has 0 bridgehead atoms. The van der Waals surface area contributed by atoms with E-state index in [1.165, 1.54) is 6.07 Å². The smallest absolute Gasteiger partial charge is 0.165 e. The first-order valence-electron chi connectivity index (χ1n) is 8.18. The van der Waals surface area contributed by atoms with Crippen LogP contribution < -0.4 is 4.74 Å². The zero-order valence-corrected chi connectivity index (χ0v) is 14.1. The third kappa shape index (κ3) is 4.14. The van der Waals surface area contributed by atoms with Gasteiger partial charge >= 0.3 is 0 Å². The molecule has 0 N–H and O–H groups in total. The topological polar surface area (TPSA) is 43.4 Å². The number of ether oxygens (including phenoxy) is 1. The Hall–Kier alpha value is -1.36. The molecular weight excluding hydrogens is 315 g/mol. The predicted octanol–water partition coefficient (Wildman–Crippen LogP) is 3.64. The van der Waals surface area contributed by atoms with Crippen molar-refractivity contribution in [2.24, 2.45) is 5.92 Å². The molecule has 0 aromatic heterocycles. The average molecular weight is 338 g/mol. The molecule has 3 rings (SSSR count). The Morgan fingerprint density at radius 2 is 2.09 bits per heavy atom. The first-order valence-corrected chi connectivity index (χ1v) is 10.0. The summed E-state index contributed by atoms with van der Waals surface area (Å²) in [6.07, 6.45) is 6.04. The summed E-state index contributed by atoms with van der Waals surface area (Å²) >= 11 is 0. The van der Waals surface area contributed by atoms with E-state index in [1.54, 1.807) is 18.2 Å². The van der Waals surface area contributed by atoms with E-state index >= 15 is 0 Å². The molecular formula is C18H23FO3S. The number of benzene rings is 1. The number of rotatable bonds is 9. The van der Waals surface area contributed by atoms with Crippen molar-refractivity contribution in [3.63, 3.8) is 0 Å². The molecule has 0 atom stereocenters. The second kappa shape index (κ2) is 6.27. The minimum absolute atomic E-state index is 0.127. The number of allylic oxidation sites excluding steroid dienone is 1. The van der Waals surface area contributed by atoms with E-state index in [4.69, 9.17) is 4.74 Å². The van der Waals surface area contributed by atoms with Crippen LogP contribution in [0.15, 0.2) is 30.9 Å². The molecule has 2 fully saturated rings. The van der Waals surface area contributed by atoms with Gasteiger partial charge < -0.3 is 4.74 Å². The van der Waals surface area contributed by atoms with Crippen LogP contribution in [0.25, 0.3) is 0 Å². The fourth-order valence-corrected chi connectivity index (χ4v) is 4.83. The van der Waals surface area contributed by atoms with Gasteiger partial charge in [-0.2, -0.15) is 0 Å². The van der Waals surface area contributed by atoms with Crippen molar-refractivity contribution in [2.45, 2.75) is 37.5 Å². The molecule has 2 aliphatic rings. The van der Waals surface area contributed by atoms with E-state index in [0.29, 0.717) is 18.9 Å². The molecule has 0 saturated heterocycles. The number of halogens is 1. The Morgan fingerprint density at radius 1 is 1.35 bits per heavy atom. The molecule has 0 unspecified atom stereocenters. The maximum Gasteiger partial charge on any atom is 0.165 e. The van der Waals surface area contributed by atoms with Crippen LogP contribution in [0.4, 0.5) is 4.39 Å². The summed E-state index contributed by atoms with van der Waals surface area (Å²) < 4.78 is 44.0. The molecule has 0 spiro atoms. The molecule has 5 heteroatoms. The number of sulfone groups is 1. The highest BCUT2D eigenvalue weighted by Crippen LogP contribution is 2.50. The predicted molar refractivity (Wildman–Crippen MR) is 89.0 cm³/mol. The van der Waals surface area contributed by atoms with E-state index in [-0.39, 0.29) is 28.5 Å². The van der Waals surface area contributed by atoms with E-state index in [9.17, 15) is 12.8 Å². The fraction of sp³-hybridized carbons (Fsp3) is 0.556. The van der Waals surface area contributed by atoms with Crippen LogP contribution in [0.2, 0.25) is 0 Å². The SMILES string of the molecule is C=CCCS(=O)(=O)CC1(c2ccc(F)c(OCC3CC3)c2)CC1. The lowest BCUT2D eigenvalue weighted by molar-refractivity contribution is 0.285. The van der Waals surface area contributed by atoms with Crippen LogP contribution >= 0.6 is 0 Å². The maximum absolute atomic E-state index is 13.9. The standard InChI is InChI=1S/C18H23FO3S/c1-2-3-10-23(20,21)13-18(8-9-18)15-6-7-16(19)17(11-15)22-12-14-4-5-14/h2,6-7,11,14H,1,3-5,8-10,12-13H2. The van der Waals surface area contributed by atoms with Gasteiger partial charge in [0.15, 0.2) is 21.4 Å². The first-order chi connectivity index (χ1) is 10.9. The minimum atomic E-state index is -3.13. The van der Waals surface area contributed by atoms with Crippen molar-refractivity contribution >= 4 is 9.84 Å². The normalized spacial score (nSPS) is 19.3. The highest BCUT2D eigenvalue weighted by molar-refractivity contribution is 7.91. The molecule has 126 valence electrons. The summed E-state index contributed by atoms with van der Waals surface area (Å²) in [7, 11) is -3.13. The lowest BCUT2D eigenvalue weighted by Crippen LogP contribution is -2.23. The van der Waals surface area contributed by atoms with Crippen LogP contribution in [0.3, 0.4) is 0 Å². The summed E-state index contributed by atoms with van der Waals surface area (Å²) in [5, 5.41) is 0. The van der Waals surface area contributed by atoms with Crippen molar-refractivity contribution in [3.8, 4) is 5.75 Å². The molecule has 1 aromatic carbocycles. The van der Waals surface area contributed by atoms with E-state index in [2.05, 4.69) is 6.58 Å². The van der Waals surface area contributed by atoms with Gasteiger partial charge in [0.05, 0.1) is 18.1 Å². The van der Waals surface area contributed by atoms with Crippen molar-refractivity contribution in [1.82, 2.24) is 0 Å². The second-order valence-electron chi connectivity index (χ2n) is 6.85. The molecule has 1 aromatic rings. The van der Waals surface area contributed by atoms with Crippen molar-refractivity contribution in [2.75, 3.05) is 18.1 Å². The Morgan fingerprint density at radius 3 is 2.70 bits per heavy atom. The minimum Gasteiger partial charge on any atom is -0.490 e. The molecule has 0 heterocycles. The third-order valence-corrected chi connectivity index (χ3v) is 6.55. The molecule has 0 amide bonds. The lowest BCUT2D eigenvalue weighted by atomic mass is 9.98. The Labute approximate surface area is 137 Å². The van der Waals surface area contributed by atoms with Crippen LogP contribution in [0, 0.1) is 11.7 Å². The molecule has 0 aliphatic heterocycles. The molecule has 23 heavy (non-hydrogen) atoms. The summed E-state index contributed by atoms with van der Waals surface area (Å²) in [6, 6.07) is 4.80. The fourth-order valence-electron chi connectivity index (χ4n) is 2.86. The van der Waals surface area contributed by atoms with Gasteiger partial charge in [-0.05, 0) is 55.7 Å².